The van der Waals surface area contributed by atoms with E-state index in [1.165, 1.54) is 30.3 Å². The van der Waals surface area contributed by atoms with Crippen LogP contribution in [-0.2, 0) is 4.79 Å². The number of ether oxygens (including phenoxy) is 1. The Bertz CT molecular complexity index is 447. The first-order chi connectivity index (χ1) is 8.46. The molecule has 0 saturated heterocycles. The van der Waals surface area contributed by atoms with Gasteiger partial charge in [-0.3, -0.25) is 0 Å². The third kappa shape index (κ3) is 4.43. The van der Waals surface area contributed by atoms with Crippen molar-refractivity contribution in [3.8, 4) is 5.75 Å². The molecule has 0 radical (unpaired) electrons. The third-order valence-electron chi connectivity index (χ3n) is 2.10. The topological polar surface area (TPSA) is 38.7 Å². The Labute approximate surface area is 102 Å². The molecule has 3 nitrogen and oxygen atoms in total. The van der Waals surface area contributed by atoms with Crippen LogP contribution in [0.5, 0.6) is 5.75 Å². The molecule has 0 heterocycles. The van der Waals surface area contributed by atoms with Gasteiger partial charge in [0.05, 0.1) is 6.04 Å². The Morgan fingerprint density at radius 3 is 2.44 bits per heavy atom. The van der Waals surface area contributed by atoms with Gasteiger partial charge in [0.2, 0.25) is 6.08 Å². The predicted molar refractivity (Wildman–Crippen MR) is 58.8 cm³/mol. The molecule has 0 saturated carbocycles. The monoisotopic (exact) mass is 257 g/mol. The molecule has 0 unspecified atom stereocenters. The zero-order valence-electron chi connectivity index (χ0n) is 9.28. The Hall–Kier alpha value is -2.07. The summed E-state index contributed by atoms with van der Waals surface area (Å²) in [5.41, 5.74) is 0.591. The number of carbonyl (C=O) groups excluding carboxylic acids is 1. The summed E-state index contributed by atoms with van der Waals surface area (Å²) in [6, 6.07) is 4.67. The van der Waals surface area contributed by atoms with E-state index in [0.717, 1.165) is 0 Å². The van der Waals surface area contributed by atoms with Crippen LogP contribution in [0.15, 0.2) is 41.9 Å². The molecule has 1 aromatic carbocycles. The van der Waals surface area contributed by atoms with Crippen molar-refractivity contribution in [2.24, 2.45) is 4.99 Å². The van der Waals surface area contributed by atoms with Gasteiger partial charge in [-0.05, 0) is 24.1 Å². The summed E-state index contributed by atoms with van der Waals surface area (Å²) < 4.78 is 39.5. The van der Waals surface area contributed by atoms with E-state index in [9.17, 15) is 18.0 Å². The lowest BCUT2D eigenvalue weighted by Gasteiger charge is -2.11. The number of halogens is 3. The number of hydrogen-bond donors (Lipinski definition) is 0. The first-order valence-corrected chi connectivity index (χ1v) is 5.00. The zero-order chi connectivity index (χ0) is 13.6. The Balaban J connectivity index is 2.86. The highest BCUT2D eigenvalue weighted by molar-refractivity contribution is 5.37. The summed E-state index contributed by atoms with van der Waals surface area (Å²) in [5, 5.41) is 0. The summed E-state index contributed by atoms with van der Waals surface area (Å²) in [4.78, 5) is 13.8. The quantitative estimate of drug-likeness (QED) is 0.459. The Kier molecular flexibility index (Phi) is 4.68. The average molecular weight is 257 g/mol. The van der Waals surface area contributed by atoms with Crippen molar-refractivity contribution in [3.63, 3.8) is 0 Å². The molecule has 1 rings (SSSR count). The van der Waals surface area contributed by atoms with Gasteiger partial charge in [0, 0.05) is 0 Å². The fourth-order valence-electron chi connectivity index (χ4n) is 1.38. The molecule has 0 bridgehead atoms. The molecule has 0 aliphatic carbocycles. The van der Waals surface area contributed by atoms with Crippen LogP contribution >= 0.6 is 0 Å². The van der Waals surface area contributed by atoms with Gasteiger partial charge < -0.3 is 4.74 Å². The van der Waals surface area contributed by atoms with Crippen LogP contribution in [0.25, 0.3) is 0 Å². The number of hydrogen-bond acceptors (Lipinski definition) is 3. The second kappa shape index (κ2) is 6.02. The maximum Gasteiger partial charge on any atom is 0.573 e. The van der Waals surface area contributed by atoms with Crippen LogP contribution in [0.3, 0.4) is 0 Å². The van der Waals surface area contributed by atoms with Gasteiger partial charge in [-0.1, -0.05) is 18.2 Å². The van der Waals surface area contributed by atoms with Gasteiger partial charge in [-0.15, -0.1) is 19.8 Å². The van der Waals surface area contributed by atoms with Crippen molar-refractivity contribution in [3.05, 3.63) is 42.5 Å². The second-order valence-electron chi connectivity index (χ2n) is 3.38. The maximum atomic E-state index is 11.9. The summed E-state index contributed by atoms with van der Waals surface area (Å²) in [6.45, 7) is 3.51. The van der Waals surface area contributed by atoms with Crippen LogP contribution in [0, 0.1) is 0 Å². The lowest BCUT2D eigenvalue weighted by Crippen LogP contribution is -2.17. The van der Waals surface area contributed by atoms with Crippen molar-refractivity contribution in [2.75, 3.05) is 0 Å². The zero-order valence-corrected chi connectivity index (χ0v) is 9.28. The molecule has 0 N–H and O–H groups in total. The molecule has 0 amide bonds. The highest BCUT2D eigenvalue weighted by Gasteiger charge is 2.31. The number of rotatable bonds is 5. The summed E-state index contributed by atoms with van der Waals surface area (Å²) in [5.74, 6) is -0.321. The van der Waals surface area contributed by atoms with Crippen LogP contribution < -0.4 is 4.74 Å². The van der Waals surface area contributed by atoms with Gasteiger partial charge in [0.25, 0.3) is 0 Å². The minimum absolute atomic E-state index is 0.321. The van der Waals surface area contributed by atoms with Crippen LogP contribution in [0.2, 0.25) is 0 Å². The van der Waals surface area contributed by atoms with Crippen molar-refractivity contribution in [1.82, 2.24) is 0 Å². The molecule has 0 fully saturated rings. The van der Waals surface area contributed by atoms with Gasteiger partial charge in [-0.2, -0.15) is 4.99 Å². The second-order valence-corrected chi connectivity index (χ2v) is 3.38. The first kappa shape index (κ1) is 14.0. The van der Waals surface area contributed by atoms with Crippen LogP contribution in [-0.4, -0.2) is 12.4 Å². The first-order valence-electron chi connectivity index (χ1n) is 5.00. The number of isocyanates is 1. The fourth-order valence-corrected chi connectivity index (χ4v) is 1.38. The van der Waals surface area contributed by atoms with E-state index < -0.39 is 12.4 Å². The molecule has 6 heteroatoms. The maximum absolute atomic E-state index is 11.9. The highest BCUT2D eigenvalue weighted by Crippen LogP contribution is 2.26. The van der Waals surface area contributed by atoms with Crippen molar-refractivity contribution in [1.29, 1.82) is 0 Å². The Morgan fingerprint density at radius 1 is 1.39 bits per heavy atom. The molecule has 96 valence electrons. The van der Waals surface area contributed by atoms with E-state index in [0.29, 0.717) is 12.0 Å². The molecule has 18 heavy (non-hydrogen) atoms. The Morgan fingerprint density at radius 2 is 2.00 bits per heavy atom. The van der Waals surface area contributed by atoms with Gasteiger partial charge in [-0.25, -0.2) is 4.79 Å². The molecular weight excluding hydrogens is 247 g/mol. The minimum atomic E-state index is -4.72. The summed E-state index contributed by atoms with van der Waals surface area (Å²) >= 11 is 0. The lowest BCUT2D eigenvalue weighted by molar-refractivity contribution is -0.274. The van der Waals surface area contributed by atoms with Gasteiger partial charge in [0.1, 0.15) is 5.75 Å². The van der Waals surface area contributed by atoms with Crippen LogP contribution in [0.4, 0.5) is 13.2 Å². The normalized spacial score (nSPS) is 12.4. The number of alkyl halides is 3. The molecule has 0 aliphatic rings. The SMILES string of the molecule is C=CC[C@@H](N=C=O)c1ccc(OC(F)(F)F)cc1. The van der Waals surface area contributed by atoms with Crippen LogP contribution in [0.1, 0.15) is 18.0 Å². The number of nitrogens with zero attached hydrogens (tertiary/aromatic N) is 1. The van der Waals surface area contributed by atoms with E-state index in [-0.39, 0.29) is 5.75 Å². The molecule has 0 aliphatic heterocycles. The average Bonchev–Trinajstić information content (AvgIpc) is 2.28. The number of aliphatic imine (C=N–C) groups is 1. The highest BCUT2D eigenvalue weighted by atomic mass is 19.4. The molecule has 1 atom stereocenters. The summed E-state index contributed by atoms with van der Waals surface area (Å²) in [7, 11) is 0. The molecule has 0 aromatic heterocycles. The van der Waals surface area contributed by atoms with E-state index in [2.05, 4.69) is 16.3 Å². The molecule has 0 spiro atoms. The van der Waals surface area contributed by atoms with E-state index in [1.54, 1.807) is 6.08 Å². The molecule has 1 aromatic rings. The largest absolute Gasteiger partial charge is 0.573 e. The van der Waals surface area contributed by atoms with Gasteiger partial charge >= 0.3 is 6.36 Å². The lowest BCUT2D eigenvalue weighted by atomic mass is 10.0. The summed E-state index contributed by atoms with van der Waals surface area (Å²) in [6.07, 6.45) is -1.34. The predicted octanol–water partition coefficient (Wildman–Crippen LogP) is 3.54. The van der Waals surface area contributed by atoms with Crippen molar-refractivity contribution in [2.45, 2.75) is 18.8 Å². The van der Waals surface area contributed by atoms with E-state index in [4.69, 9.17) is 0 Å². The van der Waals surface area contributed by atoms with Crippen molar-refractivity contribution >= 4 is 6.08 Å². The number of benzene rings is 1. The standard InChI is InChI=1S/C12H10F3NO2/c1-2-3-11(16-8-17)9-4-6-10(7-5-9)18-12(13,14)15/h2,4-7,11H,1,3H2/t11-/m1/s1. The third-order valence-corrected chi connectivity index (χ3v) is 2.10. The minimum Gasteiger partial charge on any atom is -0.406 e. The smallest absolute Gasteiger partial charge is 0.406 e. The van der Waals surface area contributed by atoms with E-state index in [1.807, 2.05) is 0 Å². The molecular formula is C12H10F3NO2. The van der Waals surface area contributed by atoms with E-state index >= 15 is 0 Å². The fraction of sp³-hybridized carbons (Fsp3) is 0.250. The van der Waals surface area contributed by atoms with Gasteiger partial charge in [0.15, 0.2) is 0 Å². The van der Waals surface area contributed by atoms with Crippen molar-refractivity contribution < 1.29 is 22.7 Å².